The maximum atomic E-state index is 9.40. The van der Waals surface area contributed by atoms with E-state index >= 15 is 0 Å². The van der Waals surface area contributed by atoms with Crippen LogP contribution in [0.25, 0.3) is 0 Å². The normalized spacial score (nSPS) is 34.3. The van der Waals surface area contributed by atoms with Gasteiger partial charge >= 0.3 is 0 Å². The summed E-state index contributed by atoms with van der Waals surface area (Å²) >= 11 is 0. The minimum atomic E-state index is -0.108. The molecule has 1 aliphatic heterocycles. The summed E-state index contributed by atoms with van der Waals surface area (Å²) < 4.78 is 0.0723. The van der Waals surface area contributed by atoms with Crippen LogP contribution in [0.4, 0.5) is 0 Å². The highest BCUT2D eigenvalue weighted by Gasteiger charge is 2.31. The molecule has 1 saturated heterocycles. The number of hydrogen-bond acceptors (Lipinski definition) is 3. The van der Waals surface area contributed by atoms with Crippen LogP contribution in [-0.2, 0) is 0 Å². The van der Waals surface area contributed by atoms with Crippen LogP contribution in [-0.4, -0.2) is 21.7 Å². The summed E-state index contributed by atoms with van der Waals surface area (Å²) in [5.41, 5.74) is 0. The fourth-order valence-electron chi connectivity index (χ4n) is 0.756. The largest absolute Gasteiger partial charge is 0.392 e. The number of rotatable bonds is 0. The van der Waals surface area contributed by atoms with Gasteiger partial charge in [0.2, 0.25) is 0 Å². The van der Waals surface area contributed by atoms with E-state index in [1.807, 2.05) is 10.8 Å². The van der Waals surface area contributed by atoms with Gasteiger partial charge in [0.05, 0.1) is 6.10 Å². The van der Waals surface area contributed by atoms with E-state index in [2.05, 4.69) is 13.8 Å². The first-order valence-electron chi connectivity index (χ1n) is 3.11. The van der Waals surface area contributed by atoms with Gasteiger partial charge in [-0.25, -0.2) is 0 Å². The molecule has 9 heavy (non-hydrogen) atoms. The SMILES string of the molecule is CC1(C)SSCCC1O. The second-order valence-corrected chi connectivity index (χ2v) is 5.88. The van der Waals surface area contributed by atoms with Gasteiger partial charge in [0.25, 0.3) is 0 Å². The lowest BCUT2D eigenvalue weighted by atomic mass is 10.0. The molecule has 1 aliphatic rings. The Hall–Kier alpha value is 0.660. The Morgan fingerprint density at radius 1 is 1.56 bits per heavy atom. The highest BCUT2D eigenvalue weighted by Crippen LogP contribution is 2.43. The maximum absolute atomic E-state index is 9.40. The number of hydrogen-bond donors (Lipinski definition) is 1. The predicted molar refractivity (Wildman–Crippen MR) is 44.8 cm³/mol. The molecule has 1 nitrogen and oxygen atoms in total. The highest BCUT2D eigenvalue weighted by molar-refractivity contribution is 8.77. The monoisotopic (exact) mass is 164 g/mol. The summed E-state index contributed by atoms with van der Waals surface area (Å²) in [4.78, 5) is 0. The smallest absolute Gasteiger partial charge is 0.0698 e. The lowest BCUT2D eigenvalue weighted by Gasteiger charge is -2.33. The van der Waals surface area contributed by atoms with Crippen molar-refractivity contribution in [3.05, 3.63) is 0 Å². The van der Waals surface area contributed by atoms with Crippen molar-refractivity contribution in [2.45, 2.75) is 31.1 Å². The number of aliphatic hydroxyl groups excluding tert-OH is 1. The first-order chi connectivity index (χ1) is 4.13. The van der Waals surface area contributed by atoms with Gasteiger partial charge in [-0.05, 0) is 20.3 Å². The zero-order valence-corrected chi connectivity index (χ0v) is 7.39. The Labute approximate surface area is 64.0 Å². The Morgan fingerprint density at radius 3 is 2.56 bits per heavy atom. The van der Waals surface area contributed by atoms with Crippen LogP contribution in [0.3, 0.4) is 0 Å². The van der Waals surface area contributed by atoms with E-state index in [-0.39, 0.29) is 10.9 Å². The van der Waals surface area contributed by atoms with Gasteiger partial charge in [0, 0.05) is 10.5 Å². The van der Waals surface area contributed by atoms with Crippen LogP contribution in [0, 0.1) is 0 Å². The van der Waals surface area contributed by atoms with Crippen molar-refractivity contribution in [1.29, 1.82) is 0 Å². The third-order valence-corrected chi connectivity index (χ3v) is 4.91. The summed E-state index contributed by atoms with van der Waals surface area (Å²) in [6.45, 7) is 4.18. The molecule has 1 atom stereocenters. The molecule has 0 aromatic heterocycles. The van der Waals surface area contributed by atoms with Crippen molar-refractivity contribution in [3.63, 3.8) is 0 Å². The first kappa shape index (κ1) is 7.76. The first-order valence-corrected chi connectivity index (χ1v) is 5.43. The third-order valence-electron chi connectivity index (χ3n) is 1.55. The number of aliphatic hydroxyl groups is 1. The Bertz CT molecular complexity index is 103. The van der Waals surface area contributed by atoms with Gasteiger partial charge in [-0.1, -0.05) is 21.6 Å². The standard InChI is InChI=1S/C6H12OS2/c1-6(2)5(7)3-4-8-9-6/h5,7H,3-4H2,1-2H3. The molecule has 0 spiro atoms. The average Bonchev–Trinajstić information content (AvgIpc) is 1.77. The predicted octanol–water partition coefficient (Wildman–Crippen LogP) is 1.91. The third kappa shape index (κ3) is 1.79. The van der Waals surface area contributed by atoms with Gasteiger partial charge in [-0.3, -0.25) is 0 Å². The van der Waals surface area contributed by atoms with Crippen molar-refractivity contribution >= 4 is 21.6 Å². The van der Waals surface area contributed by atoms with Crippen LogP contribution in [0.15, 0.2) is 0 Å². The lowest BCUT2D eigenvalue weighted by molar-refractivity contribution is 0.139. The van der Waals surface area contributed by atoms with Gasteiger partial charge in [-0.2, -0.15) is 0 Å². The molecule has 0 radical (unpaired) electrons. The van der Waals surface area contributed by atoms with Gasteiger partial charge < -0.3 is 5.11 Å². The fraction of sp³-hybridized carbons (Fsp3) is 1.00. The molecule has 1 rings (SSSR count). The van der Waals surface area contributed by atoms with Crippen LogP contribution >= 0.6 is 21.6 Å². The molecule has 1 fully saturated rings. The summed E-state index contributed by atoms with van der Waals surface area (Å²) in [6, 6.07) is 0. The summed E-state index contributed by atoms with van der Waals surface area (Å²) in [6.07, 6.45) is 0.841. The average molecular weight is 164 g/mol. The molecule has 3 heteroatoms. The molecule has 0 aliphatic carbocycles. The van der Waals surface area contributed by atoms with Crippen molar-refractivity contribution in [2.75, 3.05) is 5.75 Å². The summed E-state index contributed by atoms with van der Waals surface area (Å²) in [7, 11) is 3.66. The van der Waals surface area contributed by atoms with E-state index in [1.54, 1.807) is 10.8 Å². The molecule has 0 aromatic rings. The molecular weight excluding hydrogens is 152 g/mol. The minimum absolute atomic E-state index is 0.0723. The highest BCUT2D eigenvalue weighted by atomic mass is 33.1. The topological polar surface area (TPSA) is 20.2 Å². The van der Waals surface area contributed by atoms with E-state index in [0.717, 1.165) is 12.2 Å². The van der Waals surface area contributed by atoms with Crippen LogP contribution in [0.5, 0.6) is 0 Å². The Morgan fingerprint density at radius 2 is 2.22 bits per heavy atom. The second kappa shape index (κ2) is 2.72. The Kier molecular flexibility index (Phi) is 2.35. The van der Waals surface area contributed by atoms with Gasteiger partial charge in [0.15, 0.2) is 0 Å². The maximum Gasteiger partial charge on any atom is 0.0698 e. The van der Waals surface area contributed by atoms with E-state index in [9.17, 15) is 5.11 Å². The molecule has 1 N–H and O–H groups in total. The lowest BCUT2D eigenvalue weighted by Crippen LogP contribution is -2.34. The molecule has 0 aromatic carbocycles. The molecule has 0 amide bonds. The second-order valence-electron chi connectivity index (χ2n) is 2.81. The van der Waals surface area contributed by atoms with Crippen molar-refractivity contribution in [1.82, 2.24) is 0 Å². The molecule has 1 heterocycles. The van der Waals surface area contributed by atoms with Gasteiger partial charge in [-0.15, -0.1) is 0 Å². The van der Waals surface area contributed by atoms with Crippen LogP contribution < -0.4 is 0 Å². The van der Waals surface area contributed by atoms with E-state index in [1.165, 1.54) is 0 Å². The molecule has 1 unspecified atom stereocenters. The zero-order chi connectivity index (χ0) is 6.91. The molecule has 0 bridgehead atoms. The Balaban J connectivity index is 2.49. The van der Waals surface area contributed by atoms with Gasteiger partial charge in [0.1, 0.15) is 0 Å². The minimum Gasteiger partial charge on any atom is -0.392 e. The van der Waals surface area contributed by atoms with Crippen molar-refractivity contribution in [3.8, 4) is 0 Å². The van der Waals surface area contributed by atoms with Crippen molar-refractivity contribution < 1.29 is 5.11 Å². The zero-order valence-electron chi connectivity index (χ0n) is 5.76. The van der Waals surface area contributed by atoms with Crippen LogP contribution in [0.1, 0.15) is 20.3 Å². The van der Waals surface area contributed by atoms with E-state index in [4.69, 9.17) is 0 Å². The fourth-order valence-corrected chi connectivity index (χ4v) is 3.48. The van der Waals surface area contributed by atoms with E-state index in [0.29, 0.717) is 0 Å². The molecular formula is C6H12OS2. The van der Waals surface area contributed by atoms with Crippen LogP contribution in [0.2, 0.25) is 0 Å². The summed E-state index contributed by atoms with van der Waals surface area (Å²) in [5, 5.41) is 9.40. The quantitative estimate of drug-likeness (QED) is 0.552. The van der Waals surface area contributed by atoms with E-state index < -0.39 is 0 Å². The molecule has 54 valence electrons. The van der Waals surface area contributed by atoms with Crippen molar-refractivity contribution in [2.24, 2.45) is 0 Å². The molecule has 0 saturated carbocycles. The summed E-state index contributed by atoms with van der Waals surface area (Å²) in [5.74, 6) is 1.09.